The lowest BCUT2D eigenvalue weighted by molar-refractivity contribution is 0.0123. The Morgan fingerprint density at radius 3 is 3.00 bits per heavy atom. The molecule has 1 fully saturated rings. The summed E-state index contributed by atoms with van der Waals surface area (Å²) in [6, 6.07) is 0. The van der Waals surface area contributed by atoms with Gasteiger partial charge in [-0.15, -0.1) is 0 Å². The van der Waals surface area contributed by atoms with Crippen LogP contribution in [0.5, 0.6) is 0 Å². The van der Waals surface area contributed by atoms with Gasteiger partial charge in [0.15, 0.2) is 0 Å². The van der Waals surface area contributed by atoms with Gasteiger partial charge in [-0.3, -0.25) is 5.10 Å². The average Bonchev–Trinajstić information content (AvgIpc) is 2.77. The zero-order valence-electron chi connectivity index (χ0n) is 10.5. The molecule has 1 saturated heterocycles. The van der Waals surface area contributed by atoms with Crippen molar-refractivity contribution in [3.8, 4) is 0 Å². The van der Waals surface area contributed by atoms with E-state index in [9.17, 15) is 8.42 Å². The number of aromatic nitrogens is 2. The largest absolute Gasteiger partial charge is 0.378 e. The summed E-state index contributed by atoms with van der Waals surface area (Å²) >= 11 is 0. The highest BCUT2D eigenvalue weighted by Crippen LogP contribution is 2.16. The Kier molecular flexibility index (Phi) is 4.36. The first kappa shape index (κ1) is 13.5. The van der Waals surface area contributed by atoms with Gasteiger partial charge in [0, 0.05) is 13.2 Å². The highest BCUT2D eigenvalue weighted by molar-refractivity contribution is 7.89. The third-order valence-electron chi connectivity index (χ3n) is 3.11. The second-order valence-corrected chi connectivity index (χ2v) is 6.27. The normalized spacial score (nSPS) is 21.1. The molecule has 2 rings (SSSR count). The lowest BCUT2D eigenvalue weighted by atomic mass is 10.1. The summed E-state index contributed by atoms with van der Waals surface area (Å²) in [7, 11) is -3.45. The van der Waals surface area contributed by atoms with Gasteiger partial charge in [0.25, 0.3) is 0 Å². The highest BCUT2D eigenvalue weighted by Gasteiger charge is 2.19. The molecule has 1 aliphatic heterocycles. The molecule has 0 amide bonds. The first-order valence-corrected chi connectivity index (χ1v) is 7.69. The summed E-state index contributed by atoms with van der Waals surface area (Å²) in [5.74, 6) is 0. The highest BCUT2D eigenvalue weighted by atomic mass is 32.2. The molecule has 0 spiro atoms. The van der Waals surface area contributed by atoms with Gasteiger partial charge in [-0.2, -0.15) is 5.10 Å². The van der Waals surface area contributed by atoms with Crippen molar-refractivity contribution in [2.75, 3.05) is 13.2 Å². The second kappa shape index (κ2) is 5.81. The van der Waals surface area contributed by atoms with Gasteiger partial charge < -0.3 is 4.74 Å². The van der Waals surface area contributed by atoms with Crippen molar-refractivity contribution < 1.29 is 13.2 Å². The molecule has 2 N–H and O–H groups in total. The van der Waals surface area contributed by atoms with Crippen LogP contribution in [0, 0.1) is 6.92 Å². The summed E-state index contributed by atoms with van der Waals surface area (Å²) in [5, 5.41) is 6.34. The van der Waals surface area contributed by atoms with E-state index in [0.29, 0.717) is 12.2 Å². The molecule has 0 radical (unpaired) electrons. The Hall–Kier alpha value is -0.920. The number of hydrogen-bond donors (Lipinski definition) is 2. The molecule has 1 aromatic heterocycles. The third-order valence-corrected chi connectivity index (χ3v) is 4.68. The van der Waals surface area contributed by atoms with Crippen LogP contribution in [0.3, 0.4) is 0 Å². The van der Waals surface area contributed by atoms with E-state index in [0.717, 1.165) is 32.3 Å². The number of aryl methyl sites for hydroxylation is 1. The second-order valence-electron chi connectivity index (χ2n) is 4.53. The summed E-state index contributed by atoms with van der Waals surface area (Å²) in [6.45, 7) is 2.88. The van der Waals surface area contributed by atoms with Gasteiger partial charge in [0.2, 0.25) is 10.0 Å². The zero-order chi connectivity index (χ0) is 13.0. The van der Waals surface area contributed by atoms with Crippen LogP contribution in [0.2, 0.25) is 0 Å². The smallest absolute Gasteiger partial charge is 0.243 e. The molecule has 0 aromatic carbocycles. The van der Waals surface area contributed by atoms with Crippen LogP contribution < -0.4 is 4.72 Å². The first-order valence-electron chi connectivity index (χ1n) is 6.21. The minimum Gasteiger partial charge on any atom is -0.378 e. The van der Waals surface area contributed by atoms with Crippen molar-refractivity contribution in [1.29, 1.82) is 0 Å². The molecule has 1 unspecified atom stereocenters. The van der Waals surface area contributed by atoms with E-state index < -0.39 is 10.0 Å². The quantitative estimate of drug-likeness (QED) is 0.836. The Balaban J connectivity index is 1.84. The minimum atomic E-state index is -3.45. The molecule has 18 heavy (non-hydrogen) atoms. The van der Waals surface area contributed by atoms with Crippen molar-refractivity contribution in [3.63, 3.8) is 0 Å². The first-order chi connectivity index (χ1) is 8.59. The van der Waals surface area contributed by atoms with Crippen LogP contribution in [-0.2, 0) is 14.8 Å². The minimum absolute atomic E-state index is 0.187. The maximum absolute atomic E-state index is 11.9. The van der Waals surface area contributed by atoms with Crippen LogP contribution >= 0.6 is 0 Å². The van der Waals surface area contributed by atoms with E-state index in [2.05, 4.69) is 14.9 Å². The van der Waals surface area contributed by atoms with Gasteiger partial charge in [-0.25, -0.2) is 13.1 Å². The number of nitrogens with zero attached hydrogens (tertiary/aromatic N) is 1. The standard InChI is InChI=1S/C11H19N3O3S/c1-9-11(8-12-14-9)18(15,16)13-6-5-10-4-2-3-7-17-10/h8,10,13H,2-7H2,1H3,(H,12,14). The summed E-state index contributed by atoms with van der Waals surface area (Å²) < 4.78 is 32.0. The Bertz CT molecular complexity index is 477. The predicted molar refractivity (Wildman–Crippen MR) is 66.7 cm³/mol. The number of ether oxygens (including phenoxy) is 1. The van der Waals surface area contributed by atoms with Crippen molar-refractivity contribution >= 4 is 10.0 Å². The lowest BCUT2D eigenvalue weighted by Gasteiger charge is -2.22. The molecular weight excluding hydrogens is 254 g/mol. The molecule has 6 nitrogen and oxygen atoms in total. The van der Waals surface area contributed by atoms with Gasteiger partial charge in [0.1, 0.15) is 4.90 Å². The van der Waals surface area contributed by atoms with Gasteiger partial charge >= 0.3 is 0 Å². The number of sulfonamides is 1. The van der Waals surface area contributed by atoms with E-state index in [1.807, 2.05) is 0 Å². The maximum atomic E-state index is 11.9. The Morgan fingerprint density at radius 1 is 1.56 bits per heavy atom. The molecule has 1 aromatic rings. The van der Waals surface area contributed by atoms with Crippen molar-refractivity contribution in [3.05, 3.63) is 11.9 Å². The number of H-pyrrole nitrogens is 1. The van der Waals surface area contributed by atoms with Crippen LogP contribution in [-0.4, -0.2) is 37.9 Å². The van der Waals surface area contributed by atoms with E-state index >= 15 is 0 Å². The Morgan fingerprint density at radius 2 is 2.39 bits per heavy atom. The van der Waals surface area contributed by atoms with E-state index in [1.54, 1.807) is 6.92 Å². The molecule has 0 aliphatic carbocycles. The molecule has 7 heteroatoms. The monoisotopic (exact) mass is 273 g/mol. The Labute approximate surface area is 107 Å². The van der Waals surface area contributed by atoms with Gasteiger partial charge in [-0.05, 0) is 32.6 Å². The van der Waals surface area contributed by atoms with E-state index in [-0.39, 0.29) is 11.0 Å². The third kappa shape index (κ3) is 3.30. The maximum Gasteiger partial charge on any atom is 0.243 e. The lowest BCUT2D eigenvalue weighted by Crippen LogP contribution is -2.29. The molecule has 102 valence electrons. The SMILES string of the molecule is Cc1[nH]ncc1S(=O)(=O)NCCC1CCCCO1. The predicted octanol–water partition coefficient (Wildman–Crippen LogP) is 0.956. The molecule has 0 bridgehead atoms. The number of rotatable bonds is 5. The fourth-order valence-corrected chi connectivity index (χ4v) is 3.26. The zero-order valence-corrected chi connectivity index (χ0v) is 11.3. The van der Waals surface area contributed by atoms with Gasteiger partial charge in [0.05, 0.1) is 18.0 Å². The molecule has 0 saturated carbocycles. The molecule has 1 aliphatic rings. The van der Waals surface area contributed by atoms with Crippen molar-refractivity contribution in [1.82, 2.24) is 14.9 Å². The van der Waals surface area contributed by atoms with Crippen LogP contribution in [0.15, 0.2) is 11.1 Å². The van der Waals surface area contributed by atoms with Crippen LogP contribution in [0.1, 0.15) is 31.4 Å². The topological polar surface area (TPSA) is 84.1 Å². The number of nitrogens with one attached hydrogen (secondary N) is 2. The summed E-state index contributed by atoms with van der Waals surface area (Å²) in [5.41, 5.74) is 0.552. The number of hydrogen-bond acceptors (Lipinski definition) is 4. The van der Waals surface area contributed by atoms with Crippen LogP contribution in [0.4, 0.5) is 0 Å². The summed E-state index contributed by atoms with van der Waals surface area (Å²) in [4.78, 5) is 0.215. The fourth-order valence-electron chi connectivity index (χ4n) is 2.08. The fraction of sp³-hybridized carbons (Fsp3) is 0.727. The van der Waals surface area contributed by atoms with E-state index in [4.69, 9.17) is 4.74 Å². The van der Waals surface area contributed by atoms with E-state index in [1.165, 1.54) is 6.20 Å². The van der Waals surface area contributed by atoms with Gasteiger partial charge in [-0.1, -0.05) is 0 Å². The molecule has 1 atom stereocenters. The average molecular weight is 273 g/mol. The van der Waals surface area contributed by atoms with Crippen LogP contribution in [0.25, 0.3) is 0 Å². The number of aromatic amines is 1. The summed E-state index contributed by atoms with van der Waals surface area (Å²) in [6.07, 6.45) is 5.53. The molecule has 2 heterocycles. The van der Waals surface area contributed by atoms with Crippen molar-refractivity contribution in [2.45, 2.75) is 43.6 Å². The molecular formula is C11H19N3O3S. The van der Waals surface area contributed by atoms with Crippen molar-refractivity contribution in [2.24, 2.45) is 0 Å².